The Morgan fingerprint density at radius 2 is 2.08 bits per heavy atom. The highest BCUT2D eigenvalue weighted by Gasteiger charge is 2.23. The van der Waals surface area contributed by atoms with Gasteiger partial charge in [0.05, 0.1) is 23.8 Å². The number of ether oxygens (including phenoxy) is 3. The van der Waals surface area contributed by atoms with Gasteiger partial charge in [0, 0.05) is 5.57 Å². The molecule has 5 heteroatoms. The van der Waals surface area contributed by atoms with Crippen LogP contribution >= 0.6 is 15.9 Å². The third kappa shape index (κ3) is 3.17. The molecule has 0 spiro atoms. The van der Waals surface area contributed by atoms with E-state index in [1.165, 1.54) is 0 Å². The van der Waals surface area contributed by atoms with Crippen LogP contribution in [0.15, 0.2) is 46.4 Å². The van der Waals surface area contributed by atoms with Crippen LogP contribution in [0, 0.1) is 0 Å². The second-order valence-electron chi connectivity index (χ2n) is 5.25. The van der Waals surface area contributed by atoms with Gasteiger partial charge in [-0.15, -0.1) is 0 Å². The zero-order valence-electron chi connectivity index (χ0n) is 13.5. The van der Waals surface area contributed by atoms with Gasteiger partial charge in [0.15, 0.2) is 17.3 Å². The largest absolute Gasteiger partial charge is 0.492 e. The monoisotopic (exact) mass is 388 g/mol. The van der Waals surface area contributed by atoms with Crippen molar-refractivity contribution in [3.05, 3.63) is 57.6 Å². The van der Waals surface area contributed by atoms with Crippen molar-refractivity contribution in [2.24, 2.45) is 0 Å². The summed E-state index contributed by atoms with van der Waals surface area (Å²) in [5, 5.41) is 0. The smallest absolute Gasteiger partial charge is 0.196 e. The zero-order valence-corrected chi connectivity index (χ0v) is 15.1. The van der Waals surface area contributed by atoms with Gasteiger partial charge in [-0.05, 0) is 58.8 Å². The normalized spacial score (nSPS) is 15.0. The van der Waals surface area contributed by atoms with E-state index in [9.17, 15) is 4.79 Å². The van der Waals surface area contributed by atoms with Crippen molar-refractivity contribution in [2.75, 3.05) is 20.3 Å². The molecule has 0 aliphatic carbocycles. The number of carbonyl (C=O) groups excluding carboxylic acids is 1. The number of hydrogen-bond donors (Lipinski definition) is 0. The number of carbonyl (C=O) groups is 1. The Kier molecular flexibility index (Phi) is 4.90. The van der Waals surface area contributed by atoms with E-state index in [-0.39, 0.29) is 12.4 Å². The SMILES string of the molecule is CCOc1cc(/C=C2\COc3ccccc3C2=O)cc(Br)c1OC. The van der Waals surface area contributed by atoms with E-state index < -0.39 is 0 Å². The number of benzene rings is 2. The average molecular weight is 389 g/mol. The third-order valence-electron chi connectivity index (χ3n) is 3.68. The van der Waals surface area contributed by atoms with E-state index in [2.05, 4.69) is 15.9 Å². The first kappa shape index (κ1) is 16.6. The number of ketones is 1. The summed E-state index contributed by atoms with van der Waals surface area (Å²) in [6.45, 7) is 2.69. The van der Waals surface area contributed by atoms with Crippen LogP contribution in [0.1, 0.15) is 22.8 Å². The summed E-state index contributed by atoms with van der Waals surface area (Å²) < 4.78 is 17.4. The summed E-state index contributed by atoms with van der Waals surface area (Å²) in [6, 6.07) is 11.0. The molecule has 0 N–H and O–H groups in total. The van der Waals surface area contributed by atoms with Crippen molar-refractivity contribution in [1.29, 1.82) is 0 Å². The molecule has 0 saturated carbocycles. The fourth-order valence-corrected chi connectivity index (χ4v) is 3.24. The molecule has 0 fully saturated rings. The highest BCUT2D eigenvalue weighted by Crippen LogP contribution is 2.37. The van der Waals surface area contributed by atoms with E-state index >= 15 is 0 Å². The number of fused-ring (bicyclic) bond motifs is 1. The molecule has 3 rings (SSSR count). The lowest BCUT2D eigenvalue weighted by Crippen LogP contribution is -2.18. The lowest BCUT2D eigenvalue weighted by Gasteiger charge is -2.19. The van der Waals surface area contributed by atoms with Crippen LogP contribution in [0.5, 0.6) is 17.2 Å². The van der Waals surface area contributed by atoms with Crippen molar-refractivity contribution in [3.63, 3.8) is 0 Å². The van der Waals surface area contributed by atoms with Crippen LogP contribution in [-0.2, 0) is 0 Å². The molecule has 0 aromatic heterocycles. The molecule has 1 heterocycles. The molecule has 0 amide bonds. The van der Waals surface area contributed by atoms with Gasteiger partial charge >= 0.3 is 0 Å². The maximum absolute atomic E-state index is 12.6. The standard InChI is InChI=1S/C19H17BrO4/c1-3-23-17-10-12(9-15(20)19(17)22-2)8-13-11-24-16-7-5-4-6-14(16)18(13)21/h4-10H,3,11H2,1-2H3/b13-8+. The lowest BCUT2D eigenvalue weighted by atomic mass is 9.98. The number of Topliss-reactive ketones (excluding diaryl/α,β-unsaturated/α-hetero) is 1. The van der Waals surface area contributed by atoms with Crippen LogP contribution in [-0.4, -0.2) is 26.1 Å². The van der Waals surface area contributed by atoms with Crippen molar-refractivity contribution < 1.29 is 19.0 Å². The highest BCUT2D eigenvalue weighted by molar-refractivity contribution is 9.10. The summed E-state index contributed by atoms with van der Waals surface area (Å²) in [6.07, 6.45) is 1.82. The maximum Gasteiger partial charge on any atom is 0.196 e. The second-order valence-corrected chi connectivity index (χ2v) is 6.10. The summed E-state index contributed by atoms with van der Waals surface area (Å²) in [5.74, 6) is 1.88. The molecule has 2 aromatic rings. The Morgan fingerprint density at radius 1 is 1.29 bits per heavy atom. The van der Waals surface area contributed by atoms with Gasteiger partial charge in [-0.3, -0.25) is 4.79 Å². The summed E-state index contributed by atoms with van der Waals surface area (Å²) in [5.41, 5.74) is 2.04. The fraction of sp³-hybridized carbons (Fsp3) is 0.211. The molecular weight excluding hydrogens is 372 g/mol. The van der Waals surface area contributed by atoms with Gasteiger partial charge in [0.1, 0.15) is 12.4 Å². The topological polar surface area (TPSA) is 44.8 Å². The Morgan fingerprint density at radius 3 is 2.83 bits per heavy atom. The molecule has 0 unspecified atom stereocenters. The molecule has 2 aromatic carbocycles. The highest BCUT2D eigenvalue weighted by atomic mass is 79.9. The molecular formula is C19H17BrO4. The minimum absolute atomic E-state index is 0.0123. The number of halogens is 1. The van der Waals surface area contributed by atoms with Gasteiger partial charge in [0.2, 0.25) is 0 Å². The van der Waals surface area contributed by atoms with Gasteiger partial charge < -0.3 is 14.2 Å². The number of rotatable bonds is 4. The summed E-state index contributed by atoms with van der Waals surface area (Å²) in [4.78, 5) is 12.6. The predicted molar refractivity (Wildman–Crippen MR) is 96.1 cm³/mol. The van der Waals surface area contributed by atoms with E-state index in [0.717, 1.165) is 10.0 Å². The molecule has 0 atom stereocenters. The van der Waals surface area contributed by atoms with Crippen LogP contribution < -0.4 is 14.2 Å². The van der Waals surface area contributed by atoms with Crippen molar-refractivity contribution in [1.82, 2.24) is 0 Å². The van der Waals surface area contributed by atoms with E-state index in [1.54, 1.807) is 19.2 Å². The van der Waals surface area contributed by atoms with Gasteiger partial charge in [-0.1, -0.05) is 12.1 Å². The lowest BCUT2D eigenvalue weighted by molar-refractivity contribution is 0.100. The van der Waals surface area contributed by atoms with Crippen LogP contribution in [0.25, 0.3) is 6.08 Å². The summed E-state index contributed by atoms with van der Waals surface area (Å²) >= 11 is 3.48. The summed E-state index contributed by atoms with van der Waals surface area (Å²) in [7, 11) is 1.59. The van der Waals surface area contributed by atoms with E-state index in [0.29, 0.717) is 35.0 Å². The third-order valence-corrected chi connectivity index (χ3v) is 4.27. The molecule has 1 aliphatic heterocycles. The van der Waals surface area contributed by atoms with Gasteiger partial charge in [-0.2, -0.15) is 0 Å². The second kappa shape index (κ2) is 7.09. The Balaban J connectivity index is 1.99. The maximum atomic E-state index is 12.6. The molecule has 124 valence electrons. The number of hydrogen-bond acceptors (Lipinski definition) is 4. The first-order chi connectivity index (χ1) is 11.6. The quantitative estimate of drug-likeness (QED) is 0.722. The van der Waals surface area contributed by atoms with Crippen molar-refractivity contribution in [3.8, 4) is 17.2 Å². The molecule has 1 aliphatic rings. The first-order valence-corrected chi connectivity index (χ1v) is 8.40. The van der Waals surface area contributed by atoms with E-state index in [1.807, 2.05) is 37.3 Å². The van der Waals surface area contributed by atoms with Crippen LogP contribution in [0.3, 0.4) is 0 Å². The molecule has 24 heavy (non-hydrogen) atoms. The van der Waals surface area contributed by atoms with Crippen LogP contribution in [0.2, 0.25) is 0 Å². The van der Waals surface area contributed by atoms with Gasteiger partial charge in [-0.25, -0.2) is 0 Å². The Labute approximate surface area is 149 Å². The fourth-order valence-electron chi connectivity index (χ4n) is 2.61. The van der Waals surface area contributed by atoms with Gasteiger partial charge in [0.25, 0.3) is 0 Å². The van der Waals surface area contributed by atoms with Crippen molar-refractivity contribution in [2.45, 2.75) is 6.92 Å². The minimum atomic E-state index is -0.0123. The average Bonchev–Trinajstić information content (AvgIpc) is 2.58. The predicted octanol–water partition coefficient (Wildman–Crippen LogP) is 4.52. The minimum Gasteiger partial charge on any atom is -0.492 e. The molecule has 0 radical (unpaired) electrons. The van der Waals surface area contributed by atoms with E-state index in [4.69, 9.17) is 14.2 Å². The van der Waals surface area contributed by atoms with Crippen molar-refractivity contribution >= 4 is 27.8 Å². The van der Waals surface area contributed by atoms with Crippen LogP contribution in [0.4, 0.5) is 0 Å². The number of para-hydroxylation sites is 1. The molecule has 0 bridgehead atoms. The Hall–Kier alpha value is -2.27. The first-order valence-electron chi connectivity index (χ1n) is 7.61. The molecule has 0 saturated heterocycles. The molecule has 4 nitrogen and oxygen atoms in total. The zero-order chi connectivity index (χ0) is 17.1. The Bertz CT molecular complexity index is 811. The number of methoxy groups -OCH3 is 1.